The number of hydrogen-bond acceptors (Lipinski definition) is 6. The number of carbonyl (C=O) groups is 2. The van der Waals surface area contributed by atoms with Gasteiger partial charge in [-0.1, -0.05) is 5.56 Å². The molecule has 1 aliphatic heterocycles. The summed E-state index contributed by atoms with van der Waals surface area (Å²) in [6.07, 6.45) is 1.78. The molecular weight excluding hydrogens is 335 g/mol. The van der Waals surface area contributed by atoms with Crippen molar-refractivity contribution in [2.75, 3.05) is 26.9 Å². The van der Waals surface area contributed by atoms with Crippen molar-refractivity contribution in [3.05, 3.63) is 36.8 Å². The number of benzene rings is 1. The monoisotopic (exact) mass is 356 g/mol. The Hall–Kier alpha value is -1.85. The summed E-state index contributed by atoms with van der Waals surface area (Å²) in [5.41, 5.74) is 0.559. The Morgan fingerprint density at radius 3 is 2.54 bits per heavy atom. The molecule has 8 nitrogen and oxygen atoms in total. The minimum atomic E-state index is -0.407. The van der Waals surface area contributed by atoms with E-state index in [-0.39, 0.29) is 37.5 Å². The second-order valence-electron chi connectivity index (χ2n) is 4.76. The van der Waals surface area contributed by atoms with E-state index in [0.29, 0.717) is 37.5 Å². The van der Waals surface area contributed by atoms with Crippen molar-refractivity contribution < 1.29 is 47.5 Å². The Morgan fingerprint density at radius 2 is 2.08 bits per heavy atom. The Kier molecular flexibility index (Phi) is 13.3. The van der Waals surface area contributed by atoms with E-state index >= 15 is 0 Å². The SMILES string of the molecule is COc1[c-]cc(C(=O)NCCC2OCCO2)cc1.[CH2-]CC(=O)N[C-]=O.[Li+]. The molecule has 1 aliphatic rings. The van der Waals surface area contributed by atoms with Crippen LogP contribution in [0.25, 0.3) is 0 Å². The third-order valence-corrected chi connectivity index (χ3v) is 3.04. The van der Waals surface area contributed by atoms with Crippen molar-refractivity contribution in [1.82, 2.24) is 10.6 Å². The van der Waals surface area contributed by atoms with Gasteiger partial charge in [-0.2, -0.15) is 18.6 Å². The fourth-order valence-corrected chi connectivity index (χ4v) is 1.78. The second-order valence-corrected chi connectivity index (χ2v) is 4.76. The average Bonchev–Trinajstić information content (AvgIpc) is 3.16. The van der Waals surface area contributed by atoms with Crippen molar-refractivity contribution >= 4 is 18.2 Å². The summed E-state index contributed by atoms with van der Waals surface area (Å²) >= 11 is 0. The van der Waals surface area contributed by atoms with Crippen LogP contribution in [0.1, 0.15) is 23.2 Å². The van der Waals surface area contributed by atoms with Crippen LogP contribution in [-0.2, 0) is 19.1 Å². The number of amides is 3. The van der Waals surface area contributed by atoms with E-state index < -0.39 is 5.91 Å². The predicted octanol–water partition coefficient (Wildman–Crippen LogP) is -2.61. The minimum absolute atomic E-state index is 0. The predicted molar refractivity (Wildman–Crippen MR) is 88.3 cm³/mol. The van der Waals surface area contributed by atoms with Crippen LogP contribution < -0.4 is 34.2 Å². The molecule has 0 aromatic heterocycles. The Bertz CT molecular complexity index is 547. The van der Waals surface area contributed by atoms with Gasteiger partial charge in [0.05, 0.1) is 26.7 Å². The second kappa shape index (κ2) is 14.3. The molecule has 0 bridgehead atoms. The first kappa shape index (κ1) is 24.1. The van der Waals surface area contributed by atoms with Crippen molar-refractivity contribution in [3.63, 3.8) is 0 Å². The molecule has 3 amide bonds. The molecule has 1 aromatic carbocycles. The molecule has 1 aromatic rings. The molecule has 138 valence electrons. The molecule has 0 aliphatic carbocycles. The maximum absolute atomic E-state index is 11.8. The summed E-state index contributed by atoms with van der Waals surface area (Å²) in [4.78, 5) is 31.0. The summed E-state index contributed by atoms with van der Waals surface area (Å²) in [5.74, 6) is 0.0706. The van der Waals surface area contributed by atoms with Gasteiger partial charge in [0, 0.05) is 24.6 Å². The van der Waals surface area contributed by atoms with Gasteiger partial charge in [-0.15, -0.1) is 12.1 Å². The molecule has 1 heterocycles. The maximum Gasteiger partial charge on any atom is 1.00 e. The Balaban J connectivity index is 0.000000673. The number of rotatable bonds is 7. The first-order valence-electron chi connectivity index (χ1n) is 7.63. The molecule has 0 atom stereocenters. The van der Waals surface area contributed by atoms with Gasteiger partial charge in [0.25, 0.3) is 0 Å². The molecule has 2 N–H and O–H groups in total. The van der Waals surface area contributed by atoms with Gasteiger partial charge in [0.1, 0.15) is 0 Å². The number of methoxy groups -OCH3 is 1. The van der Waals surface area contributed by atoms with Crippen molar-refractivity contribution in [2.45, 2.75) is 19.1 Å². The molecule has 9 heteroatoms. The van der Waals surface area contributed by atoms with Crippen LogP contribution >= 0.6 is 0 Å². The zero-order valence-electron chi connectivity index (χ0n) is 15.0. The Labute approximate surface area is 165 Å². The third-order valence-electron chi connectivity index (χ3n) is 3.04. The van der Waals surface area contributed by atoms with Gasteiger partial charge in [-0.3, -0.25) is 4.79 Å². The van der Waals surface area contributed by atoms with Crippen LogP contribution in [0.3, 0.4) is 0 Å². The van der Waals surface area contributed by atoms with E-state index in [2.05, 4.69) is 18.3 Å². The van der Waals surface area contributed by atoms with Crippen LogP contribution in [-0.4, -0.2) is 51.4 Å². The fourth-order valence-electron chi connectivity index (χ4n) is 1.78. The smallest absolute Gasteiger partial charge is 0.523 e. The quantitative estimate of drug-likeness (QED) is 0.315. The van der Waals surface area contributed by atoms with E-state index in [1.807, 2.05) is 0 Å². The van der Waals surface area contributed by atoms with Crippen LogP contribution in [0.2, 0.25) is 0 Å². The van der Waals surface area contributed by atoms with E-state index in [4.69, 9.17) is 14.2 Å². The van der Waals surface area contributed by atoms with Gasteiger partial charge < -0.3 is 41.4 Å². The minimum Gasteiger partial charge on any atom is -0.523 e. The van der Waals surface area contributed by atoms with E-state index in [1.54, 1.807) is 30.6 Å². The number of imide groups is 1. The number of hydrogen-bond donors (Lipinski definition) is 2. The topological polar surface area (TPSA) is 103 Å². The van der Waals surface area contributed by atoms with Crippen LogP contribution in [0, 0.1) is 13.0 Å². The van der Waals surface area contributed by atoms with Gasteiger partial charge in [0.15, 0.2) is 12.2 Å². The van der Waals surface area contributed by atoms with Crippen LogP contribution in [0.5, 0.6) is 5.75 Å². The van der Waals surface area contributed by atoms with E-state index in [9.17, 15) is 14.4 Å². The van der Waals surface area contributed by atoms with Gasteiger partial charge >= 0.3 is 18.9 Å². The number of ether oxygens (including phenoxy) is 3. The molecule has 0 spiro atoms. The first-order valence-corrected chi connectivity index (χ1v) is 7.63. The van der Waals surface area contributed by atoms with Gasteiger partial charge in [-0.05, 0) is 0 Å². The van der Waals surface area contributed by atoms with E-state index in [1.165, 1.54) is 6.41 Å². The summed E-state index contributed by atoms with van der Waals surface area (Å²) in [5, 5.41) is 4.59. The maximum atomic E-state index is 11.8. The molecule has 0 unspecified atom stereocenters. The van der Waals surface area contributed by atoms with Gasteiger partial charge in [-0.25, -0.2) is 0 Å². The summed E-state index contributed by atoms with van der Waals surface area (Å²) in [7, 11) is 1.56. The normalized spacial score (nSPS) is 12.8. The van der Waals surface area contributed by atoms with Gasteiger partial charge in [0.2, 0.25) is 0 Å². The Morgan fingerprint density at radius 1 is 1.38 bits per heavy atom. The molecule has 2 rings (SSSR count). The number of nitrogens with one attached hydrogen (secondary N) is 2. The summed E-state index contributed by atoms with van der Waals surface area (Å²) in [6.45, 7) is 5.00. The zero-order valence-corrected chi connectivity index (χ0v) is 15.0. The molecule has 1 fully saturated rings. The number of carbonyl (C=O) groups excluding carboxylic acids is 3. The van der Waals surface area contributed by atoms with Crippen molar-refractivity contribution in [2.24, 2.45) is 0 Å². The molecule has 0 saturated carbocycles. The first-order chi connectivity index (χ1) is 12.1. The van der Waals surface area contributed by atoms with Crippen molar-refractivity contribution in [3.8, 4) is 5.75 Å². The molecule has 1 saturated heterocycles. The summed E-state index contributed by atoms with van der Waals surface area (Å²) < 4.78 is 15.5. The largest absolute Gasteiger partial charge is 1.00 e. The zero-order chi connectivity index (χ0) is 18.5. The molecular formula is C17H21LiN2O6-2. The average molecular weight is 356 g/mol. The fraction of sp³-hybridized carbons (Fsp3) is 0.412. The molecule has 0 radical (unpaired) electrons. The third kappa shape index (κ3) is 9.58. The van der Waals surface area contributed by atoms with Crippen LogP contribution in [0.15, 0.2) is 18.2 Å². The standard InChI is InChI=1S/C13H16NO4.C4H5NO2.Li/c1-16-11-4-2-10(3-5-11)13(15)14-7-6-12-17-8-9-18-12;1-2-4(7)5-3-6;/h2-4,12H,6-9H2,1H3,(H,14,15);1-2H2,(H,5,6,7);/q-1;-2;+1. The summed E-state index contributed by atoms with van der Waals surface area (Å²) in [6, 6.07) is 7.88. The van der Waals surface area contributed by atoms with E-state index in [0.717, 1.165) is 0 Å². The molecule has 26 heavy (non-hydrogen) atoms. The van der Waals surface area contributed by atoms with Crippen molar-refractivity contribution in [1.29, 1.82) is 0 Å². The van der Waals surface area contributed by atoms with Crippen LogP contribution in [0.4, 0.5) is 0 Å².